The van der Waals surface area contributed by atoms with Crippen molar-refractivity contribution in [1.82, 2.24) is 0 Å². The Bertz CT molecular complexity index is 124. The second kappa shape index (κ2) is 6.14. The maximum absolute atomic E-state index is 11.6. The Hall–Kier alpha value is 0.580. The summed E-state index contributed by atoms with van der Waals surface area (Å²) in [5, 5.41) is 0. The van der Waals surface area contributed by atoms with Gasteiger partial charge in [-0.25, -0.2) is 0 Å². The van der Waals surface area contributed by atoms with Crippen LogP contribution in [0.15, 0.2) is 0 Å². The second-order valence-corrected chi connectivity index (χ2v) is 7.77. The Morgan fingerprint density at radius 2 is 1.45 bits per heavy atom. The van der Waals surface area contributed by atoms with Crippen molar-refractivity contribution in [3.63, 3.8) is 0 Å². The lowest BCUT2D eigenvalue weighted by atomic mass is 10.4. The fourth-order valence-electron chi connectivity index (χ4n) is 0.922. The lowest BCUT2D eigenvalue weighted by Crippen LogP contribution is -1.89. The molecule has 0 aliphatic heterocycles. The summed E-state index contributed by atoms with van der Waals surface area (Å²) < 4.78 is 11.6. The molecule has 0 bridgehead atoms. The van der Waals surface area contributed by atoms with Gasteiger partial charge in [-0.1, -0.05) is 26.7 Å². The van der Waals surface area contributed by atoms with Crippen molar-refractivity contribution < 1.29 is 4.57 Å². The molecule has 0 rings (SSSR count). The Morgan fingerprint density at radius 1 is 1.09 bits per heavy atom. The van der Waals surface area contributed by atoms with Crippen molar-refractivity contribution in [3.8, 4) is 0 Å². The van der Waals surface area contributed by atoms with Gasteiger partial charge in [-0.15, -0.1) is 12.2 Å². The Labute approximate surface area is 75.5 Å². The van der Waals surface area contributed by atoms with Gasteiger partial charge in [-0.3, -0.25) is 0 Å². The SMILES string of the molecule is CCCCP(=O)(S)CCCC. The number of unbranched alkanes of at least 4 members (excludes halogenated alkanes) is 2. The first-order valence-electron chi connectivity index (χ1n) is 4.43. The summed E-state index contributed by atoms with van der Waals surface area (Å²) in [5.74, 6) is 0. The lowest BCUT2D eigenvalue weighted by Gasteiger charge is -2.09. The molecule has 0 fully saturated rings. The predicted octanol–water partition coefficient (Wildman–Crippen LogP) is 3.79. The summed E-state index contributed by atoms with van der Waals surface area (Å²) in [4.78, 5) is 0. The fourth-order valence-corrected chi connectivity index (χ4v) is 3.62. The molecule has 0 saturated carbocycles. The molecule has 0 aliphatic rings. The van der Waals surface area contributed by atoms with Gasteiger partial charge in [0.2, 0.25) is 0 Å². The molecule has 68 valence electrons. The third-order valence-electron chi connectivity index (χ3n) is 1.72. The molecule has 0 saturated heterocycles. The Kier molecular flexibility index (Phi) is 6.46. The largest absolute Gasteiger partial charge is 0.312 e. The number of rotatable bonds is 6. The molecule has 11 heavy (non-hydrogen) atoms. The van der Waals surface area contributed by atoms with Gasteiger partial charge in [-0.05, 0) is 12.8 Å². The van der Waals surface area contributed by atoms with Gasteiger partial charge in [0.1, 0.15) is 6.34 Å². The van der Waals surface area contributed by atoms with Crippen molar-refractivity contribution in [2.45, 2.75) is 39.5 Å². The van der Waals surface area contributed by atoms with E-state index >= 15 is 0 Å². The molecule has 0 N–H and O–H groups in total. The van der Waals surface area contributed by atoms with Crippen molar-refractivity contribution in [2.75, 3.05) is 12.3 Å². The summed E-state index contributed by atoms with van der Waals surface area (Å²) in [6.07, 6.45) is 3.98. The van der Waals surface area contributed by atoms with E-state index in [9.17, 15) is 4.57 Å². The van der Waals surface area contributed by atoms with Gasteiger partial charge >= 0.3 is 0 Å². The zero-order chi connectivity index (χ0) is 8.74. The van der Waals surface area contributed by atoms with Crippen LogP contribution in [0.1, 0.15) is 39.5 Å². The molecule has 0 atom stereocenters. The van der Waals surface area contributed by atoms with E-state index in [2.05, 4.69) is 26.1 Å². The topological polar surface area (TPSA) is 17.1 Å². The van der Waals surface area contributed by atoms with E-state index in [1.165, 1.54) is 0 Å². The first-order valence-corrected chi connectivity index (χ1v) is 7.66. The van der Waals surface area contributed by atoms with Crippen molar-refractivity contribution in [3.05, 3.63) is 0 Å². The highest BCUT2D eigenvalue weighted by molar-refractivity contribution is 8.48. The molecular formula is C8H19OPS. The monoisotopic (exact) mass is 194 g/mol. The van der Waals surface area contributed by atoms with Crippen LogP contribution in [0.5, 0.6) is 0 Å². The summed E-state index contributed by atoms with van der Waals surface area (Å²) >= 11 is 4.21. The third kappa shape index (κ3) is 6.96. The minimum absolute atomic E-state index is 0.826. The van der Waals surface area contributed by atoms with E-state index in [1.807, 2.05) is 0 Å². The standard InChI is InChI=1S/C8H19OPS/c1-3-5-7-10(9,11)8-6-4-2/h3-8H2,1-2H3,(H,9,11). The Balaban J connectivity index is 3.53. The molecule has 1 nitrogen and oxygen atoms in total. The van der Waals surface area contributed by atoms with Crippen LogP contribution in [-0.2, 0) is 4.57 Å². The van der Waals surface area contributed by atoms with E-state index < -0.39 is 6.34 Å². The summed E-state index contributed by atoms with van der Waals surface area (Å²) in [7, 11) is 0. The molecule has 0 spiro atoms. The van der Waals surface area contributed by atoms with E-state index in [1.54, 1.807) is 0 Å². The van der Waals surface area contributed by atoms with Gasteiger partial charge in [-0.2, -0.15) is 0 Å². The number of thiol groups is 1. The highest BCUT2D eigenvalue weighted by Gasteiger charge is 2.13. The molecule has 0 radical (unpaired) electrons. The van der Waals surface area contributed by atoms with Gasteiger partial charge < -0.3 is 4.57 Å². The minimum atomic E-state index is -2.03. The number of hydrogen-bond donors (Lipinski definition) is 1. The second-order valence-electron chi connectivity index (χ2n) is 3.00. The van der Waals surface area contributed by atoms with Crippen LogP contribution < -0.4 is 0 Å². The maximum Gasteiger partial charge on any atom is 0.136 e. The molecular weight excluding hydrogens is 175 g/mol. The zero-order valence-electron chi connectivity index (χ0n) is 7.55. The summed E-state index contributed by atoms with van der Waals surface area (Å²) in [5.41, 5.74) is 0. The van der Waals surface area contributed by atoms with Gasteiger partial charge in [0, 0.05) is 12.3 Å². The van der Waals surface area contributed by atoms with E-state index in [0.29, 0.717) is 0 Å². The molecule has 0 unspecified atom stereocenters. The Morgan fingerprint density at radius 3 is 1.73 bits per heavy atom. The molecule has 0 aromatic carbocycles. The van der Waals surface area contributed by atoms with Crippen LogP contribution in [0.25, 0.3) is 0 Å². The smallest absolute Gasteiger partial charge is 0.136 e. The average Bonchev–Trinajstić information content (AvgIpc) is 1.97. The van der Waals surface area contributed by atoms with Crippen molar-refractivity contribution >= 4 is 18.6 Å². The maximum atomic E-state index is 11.6. The van der Waals surface area contributed by atoms with Crippen LogP contribution >= 0.6 is 18.6 Å². The normalized spacial score (nSPS) is 11.9. The number of hydrogen-bond acceptors (Lipinski definition) is 1. The van der Waals surface area contributed by atoms with E-state index in [0.717, 1.165) is 38.0 Å². The zero-order valence-corrected chi connectivity index (χ0v) is 9.33. The average molecular weight is 194 g/mol. The van der Waals surface area contributed by atoms with Gasteiger partial charge in [0.25, 0.3) is 0 Å². The van der Waals surface area contributed by atoms with Crippen molar-refractivity contribution in [1.29, 1.82) is 0 Å². The van der Waals surface area contributed by atoms with E-state index in [4.69, 9.17) is 0 Å². The van der Waals surface area contributed by atoms with Gasteiger partial charge in [0.05, 0.1) is 0 Å². The van der Waals surface area contributed by atoms with Crippen LogP contribution in [0.4, 0.5) is 0 Å². The van der Waals surface area contributed by atoms with Crippen LogP contribution in [0.3, 0.4) is 0 Å². The minimum Gasteiger partial charge on any atom is -0.312 e. The quantitative estimate of drug-likeness (QED) is 0.503. The molecule has 0 aliphatic carbocycles. The highest BCUT2D eigenvalue weighted by Crippen LogP contribution is 2.51. The third-order valence-corrected chi connectivity index (χ3v) is 4.95. The molecule has 0 aromatic rings. The first-order chi connectivity index (χ1) is 5.12. The van der Waals surface area contributed by atoms with Crippen molar-refractivity contribution in [2.24, 2.45) is 0 Å². The fraction of sp³-hybridized carbons (Fsp3) is 1.00. The predicted molar refractivity (Wildman–Crippen MR) is 56.1 cm³/mol. The molecule has 0 aromatic heterocycles. The summed E-state index contributed by atoms with van der Waals surface area (Å²) in [6, 6.07) is 0. The molecule has 0 amide bonds. The molecule has 3 heteroatoms. The lowest BCUT2D eigenvalue weighted by molar-refractivity contribution is 0.581. The molecule has 0 heterocycles. The van der Waals surface area contributed by atoms with Gasteiger partial charge in [0.15, 0.2) is 0 Å². The first kappa shape index (κ1) is 11.6. The van der Waals surface area contributed by atoms with E-state index in [-0.39, 0.29) is 0 Å². The van der Waals surface area contributed by atoms with Crippen LogP contribution in [0.2, 0.25) is 0 Å². The highest BCUT2D eigenvalue weighted by atomic mass is 32.7. The summed E-state index contributed by atoms with van der Waals surface area (Å²) in [6.45, 7) is 4.24. The van der Waals surface area contributed by atoms with Crippen LogP contribution in [-0.4, -0.2) is 12.3 Å². The van der Waals surface area contributed by atoms with Crippen LogP contribution in [0, 0.1) is 0 Å².